The van der Waals surface area contributed by atoms with Gasteiger partial charge >= 0.3 is 0 Å². The number of aromatic nitrogens is 2. The Morgan fingerprint density at radius 1 is 1.04 bits per heavy atom. The van der Waals surface area contributed by atoms with Crippen molar-refractivity contribution in [3.8, 4) is 22.8 Å². The molecule has 1 aromatic heterocycles. The molecule has 1 heterocycles. The highest BCUT2D eigenvalue weighted by Crippen LogP contribution is 2.33. The third-order valence-electron chi connectivity index (χ3n) is 4.08. The lowest BCUT2D eigenvalue weighted by atomic mass is 10.0. The van der Waals surface area contributed by atoms with E-state index in [1.165, 1.54) is 4.68 Å². The fourth-order valence-electron chi connectivity index (χ4n) is 2.73. The third-order valence-corrected chi connectivity index (χ3v) is 4.08. The molecule has 0 radical (unpaired) electrons. The number of hydrogen-bond acceptors (Lipinski definition) is 3. The molecule has 4 heteroatoms. The second kappa shape index (κ2) is 7.79. The number of benzene rings is 2. The van der Waals surface area contributed by atoms with E-state index in [0.717, 1.165) is 47.6 Å². The van der Waals surface area contributed by atoms with Crippen LogP contribution in [0.25, 0.3) is 11.3 Å². The number of para-hydroxylation sites is 2. The molecule has 3 aromatic rings. The highest BCUT2D eigenvalue weighted by molar-refractivity contribution is 5.70. The molecule has 0 aliphatic carbocycles. The van der Waals surface area contributed by atoms with Crippen LogP contribution in [0.5, 0.6) is 11.5 Å². The summed E-state index contributed by atoms with van der Waals surface area (Å²) in [5.74, 6) is 1.51. The summed E-state index contributed by atoms with van der Waals surface area (Å²) in [5, 5.41) is 4.52. The van der Waals surface area contributed by atoms with Crippen LogP contribution in [0.1, 0.15) is 25.3 Å². The maximum absolute atomic E-state index is 12.0. The Balaban J connectivity index is 2.07. The maximum Gasteiger partial charge on any atom is 0.266 e. The number of aryl methyl sites for hydroxylation is 2. The van der Waals surface area contributed by atoms with Crippen molar-refractivity contribution in [2.24, 2.45) is 7.05 Å². The van der Waals surface area contributed by atoms with Gasteiger partial charge in [0.15, 0.2) is 0 Å². The first-order chi connectivity index (χ1) is 12.2. The van der Waals surface area contributed by atoms with Gasteiger partial charge in [-0.15, -0.1) is 0 Å². The SMILES string of the molecule is CCCCc1cc(=O)n(C)nc1-c1ccccc1Oc1ccccc1. The number of rotatable bonds is 6. The Labute approximate surface area is 147 Å². The normalized spacial score (nSPS) is 10.6. The van der Waals surface area contributed by atoms with Gasteiger partial charge in [0, 0.05) is 18.7 Å². The third kappa shape index (κ3) is 3.97. The van der Waals surface area contributed by atoms with E-state index in [0.29, 0.717) is 0 Å². The molecular weight excluding hydrogens is 312 g/mol. The summed E-state index contributed by atoms with van der Waals surface area (Å²) in [4.78, 5) is 12.0. The summed E-state index contributed by atoms with van der Waals surface area (Å²) >= 11 is 0. The number of nitrogens with zero attached hydrogens (tertiary/aromatic N) is 2. The Hall–Kier alpha value is -2.88. The molecule has 0 saturated carbocycles. The Bertz CT molecular complexity index is 901. The van der Waals surface area contributed by atoms with Gasteiger partial charge in [0.25, 0.3) is 5.56 Å². The van der Waals surface area contributed by atoms with Crippen LogP contribution in [-0.4, -0.2) is 9.78 Å². The van der Waals surface area contributed by atoms with Crippen LogP contribution in [0.4, 0.5) is 0 Å². The zero-order valence-electron chi connectivity index (χ0n) is 14.6. The van der Waals surface area contributed by atoms with Crippen LogP contribution in [0.2, 0.25) is 0 Å². The lowest BCUT2D eigenvalue weighted by Gasteiger charge is -2.14. The Morgan fingerprint density at radius 3 is 2.52 bits per heavy atom. The lowest BCUT2D eigenvalue weighted by molar-refractivity contribution is 0.484. The van der Waals surface area contributed by atoms with Crippen LogP contribution < -0.4 is 10.3 Å². The average Bonchev–Trinajstić information content (AvgIpc) is 2.64. The van der Waals surface area contributed by atoms with Gasteiger partial charge in [-0.1, -0.05) is 43.7 Å². The van der Waals surface area contributed by atoms with Gasteiger partial charge in [-0.2, -0.15) is 5.10 Å². The van der Waals surface area contributed by atoms with Gasteiger partial charge in [-0.05, 0) is 42.7 Å². The van der Waals surface area contributed by atoms with Crippen molar-refractivity contribution < 1.29 is 4.74 Å². The predicted octanol–water partition coefficient (Wildman–Crippen LogP) is 4.58. The molecule has 0 bridgehead atoms. The van der Waals surface area contributed by atoms with E-state index >= 15 is 0 Å². The van der Waals surface area contributed by atoms with Crippen molar-refractivity contribution in [3.63, 3.8) is 0 Å². The van der Waals surface area contributed by atoms with Gasteiger partial charge < -0.3 is 4.74 Å². The van der Waals surface area contributed by atoms with Crippen molar-refractivity contribution in [1.82, 2.24) is 9.78 Å². The van der Waals surface area contributed by atoms with E-state index in [1.807, 2.05) is 54.6 Å². The summed E-state index contributed by atoms with van der Waals surface area (Å²) in [7, 11) is 1.68. The Kier molecular flexibility index (Phi) is 5.29. The molecule has 0 aliphatic heterocycles. The van der Waals surface area contributed by atoms with Crippen molar-refractivity contribution in [2.75, 3.05) is 0 Å². The summed E-state index contributed by atoms with van der Waals surface area (Å²) < 4.78 is 7.45. The van der Waals surface area contributed by atoms with Gasteiger partial charge in [-0.3, -0.25) is 4.79 Å². The molecular formula is C21H22N2O2. The minimum atomic E-state index is -0.0867. The zero-order chi connectivity index (χ0) is 17.6. The second-order valence-electron chi connectivity index (χ2n) is 5.99. The smallest absolute Gasteiger partial charge is 0.266 e. The summed E-state index contributed by atoms with van der Waals surface area (Å²) in [6.07, 6.45) is 2.91. The zero-order valence-corrected chi connectivity index (χ0v) is 14.6. The van der Waals surface area contributed by atoms with Crippen molar-refractivity contribution in [1.29, 1.82) is 0 Å². The number of ether oxygens (including phenoxy) is 1. The first-order valence-corrected chi connectivity index (χ1v) is 8.58. The molecule has 25 heavy (non-hydrogen) atoms. The molecule has 2 aromatic carbocycles. The monoisotopic (exact) mass is 334 g/mol. The van der Waals surface area contributed by atoms with E-state index in [1.54, 1.807) is 13.1 Å². The first kappa shape index (κ1) is 17.0. The molecule has 0 N–H and O–H groups in total. The minimum absolute atomic E-state index is 0.0867. The number of unbranched alkanes of at least 4 members (excludes halogenated alkanes) is 1. The van der Waals surface area contributed by atoms with Crippen LogP contribution in [0.15, 0.2) is 65.5 Å². The number of hydrogen-bond donors (Lipinski definition) is 0. The molecule has 0 spiro atoms. The van der Waals surface area contributed by atoms with Gasteiger partial charge in [0.05, 0.1) is 5.69 Å². The first-order valence-electron chi connectivity index (χ1n) is 8.58. The van der Waals surface area contributed by atoms with E-state index in [4.69, 9.17) is 4.74 Å². The highest BCUT2D eigenvalue weighted by Gasteiger charge is 2.14. The summed E-state index contributed by atoms with van der Waals surface area (Å²) in [5.41, 5.74) is 2.58. The van der Waals surface area contributed by atoms with Gasteiger partial charge in [-0.25, -0.2) is 4.68 Å². The largest absolute Gasteiger partial charge is 0.457 e. The quantitative estimate of drug-likeness (QED) is 0.662. The molecule has 4 nitrogen and oxygen atoms in total. The highest BCUT2D eigenvalue weighted by atomic mass is 16.5. The fourth-order valence-corrected chi connectivity index (χ4v) is 2.73. The molecule has 0 aliphatic rings. The molecule has 3 rings (SSSR count). The summed E-state index contributed by atoms with van der Waals surface area (Å²) in [6, 6.07) is 19.2. The second-order valence-corrected chi connectivity index (χ2v) is 5.99. The van der Waals surface area contributed by atoms with Gasteiger partial charge in [0.2, 0.25) is 0 Å². The van der Waals surface area contributed by atoms with Crippen LogP contribution in [-0.2, 0) is 13.5 Å². The topological polar surface area (TPSA) is 44.1 Å². The van der Waals surface area contributed by atoms with Gasteiger partial charge in [0.1, 0.15) is 11.5 Å². The molecule has 0 fully saturated rings. The molecule has 0 amide bonds. The molecule has 0 atom stereocenters. The van der Waals surface area contributed by atoms with E-state index in [9.17, 15) is 4.79 Å². The van der Waals surface area contributed by atoms with Crippen molar-refractivity contribution >= 4 is 0 Å². The van der Waals surface area contributed by atoms with Crippen LogP contribution in [0.3, 0.4) is 0 Å². The predicted molar refractivity (Wildman–Crippen MR) is 100 cm³/mol. The van der Waals surface area contributed by atoms with Crippen LogP contribution in [0, 0.1) is 0 Å². The standard InChI is InChI=1S/C21H22N2O2/c1-3-4-10-16-15-20(24)23(2)22-21(16)18-13-8-9-14-19(18)25-17-11-6-5-7-12-17/h5-9,11-15H,3-4,10H2,1-2H3. The molecule has 128 valence electrons. The lowest BCUT2D eigenvalue weighted by Crippen LogP contribution is -2.20. The Morgan fingerprint density at radius 2 is 1.76 bits per heavy atom. The van der Waals surface area contributed by atoms with E-state index in [2.05, 4.69) is 12.0 Å². The summed E-state index contributed by atoms with van der Waals surface area (Å²) in [6.45, 7) is 2.14. The molecule has 0 unspecified atom stereocenters. The minimum Gasteiger partial charge on any atom is -0.457 e. The van der Waals surface area contributed by atoms with Crippen molar-refractivity contribution in [3.05, 3.63) is 76.6 Å². The maximum atomic E-state index is 12.0. The average molecular weight is 334 g/mol. The van der Waals surface area contributed by atoms with Crippen LogP contribution >= 0.6 is 0 Å². The fraction of sp³-hybridized carbons (Fsp3) is 0.238. The van der Waals surface area contributed by atoms with E-state index in [-0.39, 0.29) is 5.56 Å². The van der Waals surface area contributed by atoms with E-state index < -0.39 is 0 Å². The molecule has 0 saturated heterocycles. The van der Waals surface area contributed by atoms with Crippen molar-refractivity contribution in [2.45, 2.75) is 26.2 Å².